The fourth-order valence-electron chi connectivity index (χ4n) is 1.37. The van der Waals surface area contributed by atoms with Crippen molar-refractivity contribution in [1.82, 2.24) is 0 Å². The molecule has 14 heavy (non-hydrogen) atoms. The smallest absolute Gasteiger partial charge is 0.0813 e. The molecule has 0 saturated carbocycles. The van der Waals surface area contributed by atoms with Crippen LogP contribution < -0.4 is 4.90 Å². The lowest BCUT2D eigenvalue weighted by atomic mass is 9.99. The number of hydrogen-bond donors (Lipinski definition) is 1. The lowest BCUT2D eigenvalue weighted by Crippen LogP contribution is -2.10. The average molecular weight is 193 g/mol. The summed E-state index contributed by atoms with van der Waals surface area (Å²) in [5.41, 5.74) is 2.12. The highest BCUT2D eigenvalue weighted by atomic mass is 16.3. The van der Waals surface area contributed by atoms with E-state index in [1.165, 1.54) is 0 Å². The van der Waals surface area contributed by atoms with Crippen molar-refractivity contribution in [3.05, 3.63) is 29.8 Å². The number of aliphatic hydroxyl groups is 1. The maximum absolute atomic E-state index is 9.89. The highest BCUT2D eigenvalue weighted by Gasteiger charge is 2.12. The van der Waals surface area contributed by atoms with Gasteiger partial charge in [-0.1, -0.05) is 26.0 Å². The van der Waals surface area contributed by atoms with Gasteiger partial charge in [0.15, 0.2) is 0 Å². The van der Waals surface area contributed by atoms with E-state index in [2.05, 4.69) is 0 Å². The average Bonchev–Trinajstić information content (AvgIpc) is 2.16. The molecule has 0 aliphatic rings. The molecule has 1 unspecified atom stereocenters. The molecular weight excluding hydrogens is 174 g/mol. The Kier molecular flexibility index (Phi) is 3.53. The van der Waals surface area contributed by atoms with Crippen molar-refractivity contribution in [1.29, 1.82) is 0 Å². The van der Waals surface area contributed by atoms with Gasteiger partial charge in [-0.05, 0) is 23.6 Å². The van der Waals surface area contributed by atoms with Crippen LogP contribution in [-0.2, 0) is 0 Å². The molecule has 0 heterocycles. The van der Waals surface area contributed by atoms with Gasteiger partial charge in [0, 0.05) is 19.8 Å². The van der Waals surface area contributed by atoms with Crippen LogP contribution in [0.5, 0.6) is 0 Å². The van der Waals surface area contributed by atoms with E-state index in [0.29, 0.717) is 0 Å². The predicted octanol–water partition coefficient (Wildman–Crippen LogP) is 2.44. The first-order chi connectivity index (χ1) is 6.52. The maximum Gasteiger partial charge on any atom is 0.0813 e. The Hall–Kier alpha value is -1.02. The quantitative estimate of drug-likeness (QED) is 0.797. The van der Waals surface area contributed by atoms with Gasteiger partial charge in [0.25, 0.3) is 0 Å². The van der Waals surface area contributed by atoms with Crippen LogP contribution in [0.25, 0.3) is 0 Å². The van der Waals surface area contributed by atoms with E-state index in [-0.39, 0.29) is 12.0 Å². The van der Waals surface area contributed by atoms with E-state index in [9.17, 15) is 5.11 Å². The molecule has 0 spiro atoms. The number of hydrogen-bond acceptors (Lipinski definition) is 2. The van der Waals surface area contributed by atoms with E-state index in [1.54, 1.807) is 0 Å². The molecule has 0 aliphatic heterocycles. The van der Waals surface area contributed by atoms with Crippen molar-refractivity contribution in [3.63, 3.8) is 0 Å². The van der Waals surface area contributed by atoms with Gasteiger partial charge in [0.2, 0.25) is 0 Å². The minimum Gasteiger partial charge on any atom is -0.388 e. The van der Waals surface area contributed by atoms with Gasteiger partial charge < -0.3 is 10.0 Å². The van der Waals surface area contributed by atoms with Crippen LogP contribution in [0.4, 0.5) is 5.69 Å². The fraction of sp³-hybridized carbons (Fsp3) is 0.500. The zero-order valence-electron chi connectivity index (χ0n) is 9.36. The molecule has 1 aromatic rings. The van der Waals surface area contributed by atoms with Crippen LogP contribution in [0.2, 0.25) is 0 Å². The number of anilines is 1. The lowest BCUT2D eigenvalue weighted by Gasteiger charge is -2.18. The van der Waals surface area contributed by atoms with Crippen LogP contribution in [0, 0.1) is 5.92 Å². The molecule has 0 aromatic heterocycles. The van der Waals surface area contributed by atoms with Gasteiger partial charge in [0.1, 0.15) is 0 Å². The third-order valence-corrected chi connectivity index (χ3v) is 2.36. The summed E-state index contributed by atoms with van der Waals surface area (Å²) in [6, 6.07) is 8.02. The Bertz CT molecular complexity index is 294. The summed E-state index contributed by atoms with van der Waals surface area (Å²) in [6.07, 6.45) is -0.366. The van der Waals surface area contributed by atoms with Gasteiger partial charge in [-0.15, -0.1) is 0 Å². The first kappa shape index (κ1) is 11.1. The molecule has 0 aliphatic carbocycles. The van der Waals surface area contributed by atoms with E-state index in [1.807, 2.05) is 57.1 Å². The highest BCUT2D eigenvalue weighted by molar-refractivity contribution is 5.47. The molecule has 0 amide bonds. The van der Waals surface area contributed by atoms with Crippen molar-refractivity contribution >= 4 is 5.69 Å². The minimum absolute atomic E-state index is 0.257. The summed E-state index contributed by atoms with van der Waals surface area (Å²) in [4.78, 5) is 2.04. The van der Waals surface area contributed by atoms with Crippen LogP contribution in [0.3, 0.4) is 0 Å². The Labute approximate surface area is 86.2 Å². The molecule has 0 saturated heterocycles. The third-order valence-electron chi connectivity index (χ3n) is 2.36. The molecule has 1 aromatic carbocycles. The van der Waals surface area contributed by atoms with Crippen molar-refractivity contribution < 1.29 is 5.11 Å². The van der Waals surface area contributed by atoms with E-state index >= 15 is 0 Å². The third kappa shape index (κ3) is 2.48. The first-order valence-corrected chi connectivity index (χ1v) is 4.97. The SMILES string of the molecule is CC(C)C(O)c1cccc(N(C)C)c1. The first-order valence-electron chi connectivity index (χ1n) is 4.97. The van der Waals surface area contributed by atoms with Crippen molar-refractivity contribution in [3.8, 4) is 0 Å². The topological polar surface area (TPSA) is 23.5 Å². The minimum atomic E-state index is -0.366. The van der Waals surface area contributed by atoms with Crippen LogP contribution in [0.15, 0.2) is 24.3 Å². The number of nitrogens with zero attached hydrogens (tertiary/aromatic N) is 1. The number of benzene rings is 1. The molecular formula is C12H19NO. The highest BCUT2D eigenvalue weighted by Crippen LogP contribution is 2.24. The van der Waals surface area contributed by atoms with Crippen molar-refractivity contribution in [2.75, 3.05) is 19.0 Å². The zero-order valence-corrected chi connectivity index (χ0v) is 9.36. The Morgan fingerprint density at radius 1 is 1.21 bits per heavy atom. The fourth-order valence-corrected chi connectivity index (χ4v) is 1.37. The summed E-state index contributed by atoms with van der Waals surface area (Å²) < 4.78 is 0. The molecule has 2 nitrogen and oxygen atoms in total. The molecule has 1 atom stereocenters. The molecule has 1 rings (SSSR count). The van der Waals surface area contributed by atoms with Gasteiger partial charge in [-0.25, -0.2) is 0 Å². The van der Waals surface area contributed by atoms with Crippen molar-refractivity contribution in [2.45, 2.75) is 20.0 Å². The normalized spacial score (nSPS) is 13.0. The largest absolute Gasteiger partial charge is 0.388 e. The van der Waals surface area contributed by atoms with Crippen LogP contribution in [-0.4, -0.2) is 19.2 Å². The molecule has 0 radical (unpaired) electrons. The molecule has 2 heteroatoms. The summed E-state index contributed by atoms with van der Waals surface area (Å²) >= 11 is 0. The van der Waals surface area contributed by atoms with E-state index < -0.39 is 0 Å². The zero-order chi connectivity index (χ0) is 10.7. The molecule has 0 bridgehead atoms. The standard InChI is InChI=1S/C12H19NO/c1-9(2)12(14)10-6-5-7-11(8-10)13(3)4/h5-9,12,14H,1-4H3. The Morgan fingerprint density at radius 2 is 1.86 bits per heavy atom. The summed E-state index contributed by atoms with van der Waals surface area (Å²) in [7, 11) is 4.00. The van der Waals surface area contributed by atoms with Gasteiger partial charge in [0.05, 0.1) is 6.10 Å². The molecule has 0 fully saturated rings. The van der Waals surface area contributed by atoms with Gasteiger partial charge in [-0.2, -0.15) is 0 Å². The van der Waals surface area contributed by atoms with Gasteiger partial charge >= 0.3 is 0 Å². The second-order valence-corrected chi connectivity index (χ2v) is 4.18. The van der Waals surface area contributed by atoms with E-state index in [0.717, 1.165) is 11.3 Å². The van der Waals surface area contributed by atoms with Crippen LogP contribution >= 0.6 is 0 Å². The van der Waals surface area contributed by atoms with Crippen LogP contribution in [0.1, 0.15) is 25.5 Å². The molecule has 78 valence electrons. The van der Waals surface area contributed by atoms with Crippen molar-refractivity contribution in [2.24, 2.45) is 5.92 Å². The summed E-state index contributed by atoms with van der Waals surface area (Å²) in [5, 5.41) is 9.89. The second-order valence-electron chi connectivity index (χ2n) is 4.18. The maximum atomic E-state index is 9.89. The Balaban J connectivity index is 2.93. The predicted molar refractivity (Wildman–Crippen MR) is 60.6 cm³/mol. The second kappa shape index (κ2) is 4.47. The summed E-state index contributed by atoms with van der Waals surface area (Å²) in [5.74, 6) is 0.257. The van der Waals surface area contributed by atoms with E-state index in [4.69, 9.17) is 0 Å². The lowest BCUT2D eigenvalue weighted by molar-refractivity contribution is 0.127. The van der Waals surface area contributed by atoms with Gasteiger partial charge in [-0.3, -0.25) is 0 Å². The monoisotopic (exact) mass is 193 g/mol. The summed E-state index contributed by atoms with van der Waals surface area (Å²) in [6.45, 7) is 4.04. The Morgan fingerprint density at radius 3 is 2.36 bits per heavy atom. The number of aliphatic hydroxyl groups excluding tert-OH is 1. The molecule has 1 N–H and O–H groups in total. The number of rotatable bonds is 3.